The van der Waals surface area contributed by atoms with Crippen LogP contribution in [0.3, 0.4) is 0 Å². The lowest BCUT2D eigenvalue weighted by molar-refractivity contribution is -0.231. The average Bonchev–Trinajstić information content (AvgIpc) is 3.27. The van der Waals surface area contributed by atoms with Gasteiger partial charge in [0, 0.05) is 74.4 Å². The summed E-state index contributed by atoms with van der Waals surface area (Å²) in [6, 6.07) is 10.6. The number of benzene rings is 1. The van der Waals surface area contributed by atoms with Crippen LogP contribution < -0.4 is 10.1 Å². The SMILES string of the molecule is CNc1ccc2c(c1)COC1(CCN(C3CCC3)CC1)O2.O=Cc1ccc2nccn2c1. The summed E-state index contributed by atoms with van der Waals surface area (Å²) in [6.45, 7) is 2.87. The van der Waals surface area contributed by atoms with E-state index >= 15 is 0 Å². The predicted molar refractivity (Wildman–Crippen MR) is 123 cm³/mol. The number of aromatic nitrogens is 2. The number of pyridine rings is 1. The first-order chi connectivity index (χ1) is 15.7. The topological polar surface area (TPSA) is 68.1 Å². The minimum Gasteiger partial charge on any atom is -0.462 e. The number of carbonyl (C=O) groups is 1. The fourth-order valence-electron chi connectivity index (χ4n) is 4.62. The summed E-state index contributed by atoms with van der Waals surface area (Å²) >= 11 is 0. The van der Waals surface area contributed by atoms with E-state index in [0.29, 0.717) is 12.2 Å². The molecule has 2 aliphatic heterocycles. The van der Waals surface area contributed by atoms with E-state index < -0.39 is 0 Å². The van der Waals surface area contributed by atoms with Crippen LogP contribution >= 0.6 is 0 Å². The number of piperidine rings is 1. The summed E-state index contributed by atoms with van der Waals surface area (Å²) in [7, 11) is 1.93. The van der Waals surface area contributed by atoms with Crippen molar-refractivity contribution in [3.8, 4) is 5.75 Å². The van der Waals surface area contributed by atoms with Crippen LogP contribution in [-0.2, 0) is 11.3 Å². The molecule has 0 unspecified atom stereocenters. The summed E-state index contributed by atoms with van der Waals surface area (Å²) < 4.78 is 14.2. The number of nitrogens with one attached hydrogen (secondary N) is 1. The third-order valence-electron chi connectivity index (χ3n) is 6.83. The van der Waals surface area contributed by atoms with Gasteiger partial charge >= 0.3 is 0 Å². The van der Waals surface area contributed by atoms with Gasteiger partial charge in [-0.15, -0.1) is 0 Å². The third-order valence-corrected chi connectivity index (χ3v) is 6.83. The zero-order valence-electron chi connectivity index (χ0n) is 18.5. The smallest absolute Gasteiger partial charge is 0.213 e. The van der Waals surface area contributed by atoms with E-state index in [1.807, 2.05) is 23.7 Å². The molecule has 4 heterocycles. The number of nitrogens with zero attached hydrogens (tertiary/aromatic N) is 3. The molecule has 1 saturated heterocycles. The molecule has 7 nitrogen and oxygen atoms in total. The summed E-state index contributed by atoms with van der Waals surface area (Å²) in [5, 5.41) is 3.16. The normalized spacial score (nSPS) is 19.9. The Hall–Kier alpha value is -2.90. The molecule has 6 rings (SSSR count). The minimum absolute atomic E-state index is 0.381. The first kappa shape index (κ1) is 21.0. The summed E-state index contributed by atoms with van der Waals surface area (Å²) in [6.07, 6.45) is 12.2. The molecule has 0 amide bonds. The van der Waals surface area contributed by atoms with Gasteiger partial charge in [-0.05, 0) is 43.2 Å². The van der Waals surface area contributed by atoms with Crippen LogP contribution in [0.1, 0.15) is 48.0 Å². The fourth-order valence-corrected chi connectivity index (χ4v) is 4.62. The standard InChI is InChI=1S/C17H24N2O2.C8H6N2O/c1-18-14-5-6-16-13(11-14)12-20-17(21-16)7-9-19(10-8-17)15-3-2-4-15;11-6-7-1-2-8-9-3-4-10(8)5-7/h5-6,11,15,18H,2-4,7-10,12H2,1H3;1-6H. The second-order valence-electron chi connectivity index (χ2n) is 8.77. The number of likely N-dealkylation sites (tertiary alicyclic amines) is 1. The lowest BCUT2D eigenvalue weighted by atomic mass is 9.89. The number of hydrogen-bond acceptors (Lipinski definition) is 6. The van der Waals surface area contributed by atoms with Gasteiger partial charge in [0.25, 0.3) is 0 Å². The molecular formula is C25H30N4O3. The van der Waals surface area contributed by atoms with Crippen molar-refractivity contribution in [1.82, 2.24) is 14.3 Å². The van der Waals surface area contributed by atoms with Crippen molar-refractivity contribution >= 4 is 17.6 Å². The molecule has 3 aliphatic rings. The van der Waals surface area contributed by atoms with Gasteiger partial charge in [0.2, 0.25) is 5.79 Å². The fraction of sp³-hybridized carbons (Fsp3) is 0.440. The molecule has 168 valence electrons. The quantitative estimate of drug-likeness (QED) is 0.625. The largest absolute Gasteiger partial charge is 0.462 e. The number of rotatable bonds is 3. The van der Waals surface area contributed by atoms with Crippen LogP contribution in [0.2, 0.25) is 0 Å². The predicted octanol–water partition coefficient (Wildman–Crippen LogP) is 4.13. The third kappa shape index (κ3) is 4.23. The summed E-state index contributed by atoms with van der Waals surface area (Å²) in [5.41, 5.74) is 3.77. The van der Waals surface area contributed by atoms with E-state index in [2.05, 4.69) is 33.4 Å². The van der Waals surface area contributed by atoms with Crippen LogP contribution in [0.4, 0.5) is 5.69 Å². The second kappa shape index (κ2) is 8.92. The molecule has 2 fully saturated rings. The lowest BCUT2D eigenvalue weighted by Crippen LogP contribution is -2.54. The Balaban J connectivity index is 0.000000165. The first-order valence-corrected chi connectivity index (χ1v) is 11.4. The molecule has 1 aromatic carbocycles. The van der Waals surface area contributed by atoms with Gasteiger partial charge in [-0.2, -0.15) is 0 Å². The van der Waals surface area contributed by atoms with E-state index in [1.54, 1.807) is 18.5 Å². The number of imidazole rings is 1. The van der Waals surface area contributed by atoms with Crippen LogP contribution in [-0.4, -0.2) is 52.5 Å². The van der Waals surface area contributed by atoms with E-state index in [0.717, 1.165) is 60.9 Å². The molecule has 2 aromatic heterocycles. The van der Waals surface area contributed by atoms with Gasteiger partial charge in [-0.25, -0.2) is 4.98 Å². The number of ether oxygens (including phenoxy) is 2. The van der Waals surface area contributed by atoms with Gasteiger partial charge < -0.3 is 19.2 Å². The number of aldehydes is 1. The number of fused-ring (bicyclic) bond motifs is 2. The average molecular weight is 435 g/mol. The van der Waals surface area contributed by atoms with Crippen molar-refractivity contribution < 1.29 is 14.3 Å². The van der Waals surface area contributed by atoms with Crippen molar-refractivity contribution in [2.24, 2.45) is 0 Å². The van der Waals surface area contributed by atoms with E-state index in [4.69, 9.17) is 9.47 Å². The lowest BCUT2D eigenvalue weighted by Gasteiger charge is -2.47. The molecule has 0 bridgehead atoms. The van der Waals surface area contributed by atoms with E-state index in [9.17, 15) is 4.79 Å². The van der Waals surface area contributed by atoms with Crippen molar-refractivity contribution in [3.05, 3.63) is 60.0 Å². The zero-order chi connectivity index (χ0) is 22.0. The van der Waals surface area contributed by atoms with Gasteiger partial charge in [-0.3, -0.25) is 9.69 Å². The highest BCUT2D eigenvalue weighted by Gasteiger charge is 2.42. The van der Waals surface area contributed by atoms with Gasteiger partial charge in [-0.1, -0.05) is 6.42 Å². The number of carbonyl (C=O) groups excluding carboxylic acids is 1. The summed E-state index contributed by atoms with van der Waals surface area (Å²) in [4.78, 5) is 17.0. The molecule has 7 heteroatoms. The molecule has 3 aromatic rings. The molecule has 32 heavy (non-hydrogen) atoms. The highest BCUT2D eigenvalue weighted by atomic mass is 16.7. The Labute approximate surface area is 188 Å². The molecule has 1 saturated carbocycles. The number of hydrogen-bond donors (Lipinski definition) is 1. The molecule has 0 radical (unpaired) electrons. The monoisotopic (exact) mass is 434 g/mol. The van der Waals surface area contributed by atoms with Gasteiger partial charge in [0.15, 0.2) is 6.29 Å². The van der Waals surface area contributed by atoms with Crippen LogP contribution in [0.15, 0.2) is 48.9 Å². The molecule has 1 aliphatic carbocycles. The van der Waals surface area contributed by atoms with E-state index in [-0.39, 0.29) is 5.79 Å². The van der Waals surface area contributed by atoms with E-state index in [1.165, 1.54) is 19.3 Å². The minimum atomic E-state index is -0.381. The Morgan fingerprint density at radius 2 is 2.03 bits per heavy atom. The van der Waals surface area contributed by atoms with Crippen LogP contribution in [0, 0.1) is 0 Å². The maximum absolute atomic E-state index is 10.3. The molecule has 0 atom stereocenters. The van der Waals surface area contributed by atoms with Crippen molar-refractivity contribution in [2.75, 3.05) is 25.5 Å². The molecular weight excluding hydrogens is 404 g/mol. The van der Waals surface area contributed by atoms with Crippen LogP contribution in [0.5, 0.6) is 5.75 Å². The van der Waals surface area contributed by atoms with Crippen molar-refractivity contribution in [3.63, 3.8) is 0 Å². The van der Waals surface area contributed by atoms with Crippen molar-refractivity contribution in [2.45, 2.75) is 50.5 Å². The zero-order valence-corrected chi connectivity index (χ0v) is 18.5. The number of anilines is 1. The summed E-state index contributed by atoms with van der Waals surface area (Å²) in [5.74, 6) is 0.617. The maximum Gasteiger partial charge on any atom is 0.213 e. The Morgan fingerprint density at radius 1 is 1.19 bits per heavy atom. The van der Waals surface area contributed by atoms with Gasteiger partial charge in [0.05, 0.1) is 6.61 Å². The van der Waals surface area contributed by atoms with Crippen molar-refractivity contribution in [1.29, 1.82) is 0 Å². The highest BCUT2D eigenvalue weighted by molar-refractivity contribution is 5.74. The Morgan fingerprint density at radius 3 is 2.75 bits per heavy atom. The molecule has 1 N–H and O–H groups in total. The van der Waals surface area contributed by atoms with Crippen LogP contribution in [0.25, 0.3) is 5.65 Å². The van der Waals surface area contributed by atoms with Gasteiger partial charge in [0.1, 0.15) is 11.4 Å². The molecule has 1 spiro atoms. The Bertz CT molecular complexity index is 1080. The Kier molecular flexibility index (Phi) is 5.85. The second-order valence-corrected chi connectivity index (χ2v) is 8.77. The highest BCUT2D eigenvalue weighted by Crippen LogP contribution is 2.39. The maximum atomic E-state index is 10.3. The first-order valence-electron chi connectivity index (χ1n) is 11.4.